The molecular weight excluding hydrogens is 260 g/mol. The molecule has 0 aliphatic heterocycles. The molecule has 2 saturated carbocycles. The van der Waals surface area contributed by atoms with Crippen LogP contribution in [-0.2, 0) is 4.79 Å². The number of amides is 1. The highest BCUT2D eigenvalue weighted by molar-refractivity contribution is 5.85. The molecule has 2 fully saturated rings. The summed E-state index contributed by atoms with van der Waals surface area (Å²) < 4.78 is 0. The van der Waals surface area contributed by atoms with Gasteiger partial charge in [-0.1, -0.05) is 38.5 Å². The van der Waals surface area contributed by atoms with E-state index in [4.69, 9.17) is 5.73 Å². The summed E-state index contributed by atoms with van der Waals surface area (Å²) in [6.07, 6.45) is 13.1. The Bertz CT molecular complexity index is 265. The fourth-order valence-electron chi connectivity index (χ4n) is 3.39. The van der Waals surface area contributed by atoms with E-state index in [-0.39, 0.29) is 30.3 Å². The predicted molar refractivity (Wildman–Crippen MR) is 81.4 cm³/mol. The molecule has 3 nitrogen and oxygen atoms in total. The standard InChI is InChI=1S/C15H28N2O.ClH/c16-13-8-6-7-12(11-13)15(18)17-14-9-4-2-1-3-5-10-14;/h12-14H,1-11,16H2,(H,17,18);1H. The smallest absolute Gasteiger partial charge is 0.223 e. The number of hydrogen-bond donors (Lipinski definition) is 2. The topological polar surface area (TPSA) is 55.1 Å². The van der Waals surface area contributed by atoms with E-state index in [9.17, 15) is 4.79 Å². The monoisotopic (exact) mass is 288 g/mol. The number of nitrogens with two attached hydrogens (primary N) is 1. The van der Waals surface area contributed by atoms with Crippen molar-refractivity contribution in [2.24, 2.45) is 11.7 Å². The number of carbonyl (C=O) groups is 1. The Hall–Kier alpha value is -0.280. The molecule has 0 saturated heterocycles. The molecule has 112 valence electrons. The SMILES string of the molecule is Cl.NC1CCCC(C(=O)NC2CCCCCCC2)C1. The lowest BCUT2D eigenvalue weighted by Crippen LogP contribution is -2.42. The summed E-state index contributed by atoms with van der Waals surface area (Å²) in [5.41, 5.74) is 5.96. The van der Waals surface area contributed by atoms with Crippen molar-refractivity contribution in [3.63, 3.8) is 0 Å². The molecule has 0 heterocycles. The second-order valence-electron chi connectivity index (χ2n) is 6.17. The molecule has 0 aromatic heterocycles. The average molecular weight is 289 g/mol. The van der Waals surface area contributed by atoms with Crippen molar-refractivity contribution in [2.45, 2.75) is 82.7 Å². The van der Waals surface area contributed by atoms with Crippen LogP contribution >= 0.6 is 12.4 Å². The van der Waals surface area contributed by atoms with Crippen molar-refractivity contribution in [3.05, 3.63) is 0 Å². The third kappa shape index (κ3) is 5.70. The van der Waals surface area contributed by atoms with Crippen molar-refractivity contribution < 1.29 is 4.79 Å². The van der Waals surface area contributed by atoms with Gasteiger partial charge in [-0.15, -0.1) is 12.4 Å². The summed E-state index contributed by atoms with van der Waals surface area (Å²) in [6, 6.07) is 0.669. The zero-order valence-corrected chi connectivity index (χ0v) is 12.7. The molecular formula is C15H29ClN2O. The van der Waals surface area contributed by atoms with Crippen molar-refractivity contribution in [3.8, 4) is 0 Å². The van der Waals surface area contributed by atoms with Crippen LogP contribution in [0.1, 0.15) is 70.6 Å². The molecule has 0 aromatic carbocycles. The normalized spacial score (nSPS) is 29.7. The van der Waals surface area contributed by atoms with Crippen LogP contribution in [0.2, 0.25) is 0 Å². The quantitative estimate of drug-likeness (QED) is 0.820. The van der Waals surface area contributed by atoms with Crippen LogP contribution in [0.25, 0.3) is 0 Å². The molecule has 2 unspecified atom stereocenters. The van der Waals surface area contributed by atoms with Gasteiger partial charge in [0.2, 0.25) is 5.91 Å². The number of carbonyl (C=O) groups excluding carboxylic acids is 1. The summed E-state index contributed by atoms with van der Waals surface area (Å²) in [7, 11) is 0. The molecule has 2 rings (SSSR count). The largest absolute Gasteiger partial charge is 0.353 e. The highest BCUT2D eigenvalue weighted by Crippen LogP contribution is 2.24. The van der Waals surface area contributed by atoms with E-state index in [0.29, 0.717) is 6.04 Å². The molecule has 0 radical (unpaired) electrons. The van der Waals surface area contributed by atoms with Gasteiger partial charge in [-0.25, -0.2) is 0 Å². The molecule has 2 aliphatic rings. The van der Waals surface area contributed by atoms with Crippen LogP contribution < -0.4 is 11.1 Å². The van der Waals surface area contributed by atoms with Gasteiger partial charge in [0.05, 0.1) is 0 Å². The number of halogens is 1. The summed E-state index contributed by atoms with van der Waals surface area (Å²) in [6.45, 7) is 0. The maximum Gasteiger partial charge on any atom is 0.223 e. The van der Waals surface area contributed by atoms with E-state index in [1.807, 2.05) is 0 Å². The maximum atomic E-state index is 12.2. The van der Waals surface area contributed by atoms with Crippen LogP contribution in [0, 0.1) is 5.92 Å². The molecule has 2 atom stereocenters. The highest BCUT2D eigenvalue weighted by Gasteiger charge is 2.26. The van der Waals surface area contributed by atoms with E-state index >= 15 is 0 Å². The first kappa shape index (κ1) is 16.8. The molecule has 1 amide bonds. The second kappa shape index (κ2) is 8.80. The van der Waals surface area contributed by atoms with E-state index in [2.05, 4.69) is 5.32 Å². The Morgan fingerprint density at radius 3 is 2.16 bits per heavy atom. The van der Waals surface area contributed by atoms with Crippen LogP contribution in [0.5, 0.6) is 0 Å². The van der Waals surface area contributed by atoms with E-state index in [0.717, 1.165) is 25.7 Å². The minimum atomic E-state index is 0. The predicted octanol–water partition coefficient (Wildman–Crippen LogP) is 3.15. The van der Waals surface area contributed by atoms with E-state index < -0.39 is 0 Å². The van der Waals surface area contributed by atoms with Gasteiger partial charge < -0.3 is 11.1 Å². The molecule has 2 aliphatic carbocycles. The summed E-state index contributed by atoms with van der Waals surface area (Å²) in [4.78, 5) is 12.2. The van der Waals surface area contributed by atoms with E-state index in [1.54, 1.807) is 0 Å². The van der Waals surface area contributed by atoms with Crippen LogP contribution in [0.4, 0.5) is 0 Å². The lowest BCUT2D eigenvalue weighted by Gasteiger charge is -2.28. The summed E-state index contributed by atoms with van der Waals surface area (Å²) in [5, 5.41) is 3.28. The highest BCUT2D eigenvalue weighted by atomic mass is 35.5. The van der Waals surface area contributed by atoms with Gasteiger partial charge in [0.15, 0.2) is 0 Å². The molecule has 3 N–H and O–H groups in total. The number of rotatable bonds is 2. The second-order valence-corrected chi connectivity index (χ2v) is 6.17. The average Bonchev–Trinajstić information content (AvgIpc) is 2.32. The van der Waals surface area contributed by atoms with Gasteiger partial charge in [-0.05, 0) is 32.1 Å². The Labute approximate surface area is 123 Å². The van der Waals surface area contributed by atoms with Crippen LogP contribution in [-0.4, -0.2) is 18.0 Å². The first-order valence-electron chi connectivity index (χ1n) is 7.81. The van der Waals surface area contributed by atoms with Gasteiger partial charge in [0, 0.05) is 18.0 Å². The lowest BCUT2D eigenvalue weighted by molar-refractivity contribution is -0.127. The Morgan fingerprint density at radius 2 is 1.53 bits per heavy atom. The van der Waals surface area contributed by atoms with Gasteiger partial charge in [-0.3, -0.25) is 4.79 Å². The molecule has 0 bridgehead atoms. The molecule has 19 heavy (non-hydrogen) atoms. The minimum absolute atomic E-state index is 0. The van der Waals surface area contributed by atoms with Gasteiger partial charge in [-0.2, -0.15) is 0 Å². The lowest BCUT2D eigenvalue weighted by atomic mass is 9.85. The number of hydrogen-bond acceptors (Lipinski definition) is 2. The molecule has 0 spiro atoms. The van der Waals surface area contributed by atoms with Gasteiger partial charge >= 0.3 is 0 Å². The van der Waals surface area contributed by atoms with Gasteiger partial charge in [0.1, 0.15) is 0 Å². The van der Waals surface area contributed by atoms with E-state index in [1.165, 1.54) is 44.9 Å². The third-order valence-electron chi connectivity index (χ3n) is 4.54. The third-order valence-corrected chi connectivity index (χ3v) is 4.54. The van der Waals surface area contributed by atoms with Gasteiger partial charge in [0.25, 0.3) is 0 Å². The van der Waals surface area contributed by atoms with Crippen LogP contribution in [0.3, 0.4) is 0 Å². The fourth-order valence-corrected chi connectivity index (χ4v) is 3.39. The number of nitrogens with one attached hydrogen (secondary N) is 1. The summed E-state index contributed by atoms with van der Waals surface area (Å²) >= 11 is 0. The van der Waals surface area contributed by atoms with Crippen molar-refractivity contribution in [1.82, 2.24) is 5.32 Å². The fraction of sp³-hybridized carbons (Fsp3) is 0.933. The first-order chi connectivity index (χ1) is 8.75. The van der Waals surface area contributed by atoms with Crippen LogP contribution in [0.15, 0.2) is 0 Å². The molecule has 4 heteroatoms. The van der Waals surface area contributed by atoms with Crippen molar-refractivity contribution in [1.29, 1.82) is 0 Å². The zero-order chi connectivity index (χ0) is 12.8. The Morgan fingerprint density at radius 1 is 0.895 bits per heavy atom. The zero-order valence-electron chi connectivity index (χ0n) is 11.9. The first-order valence-corrected chi connectivity index (χ1v) is 7.81. The summed E-state index contributed by atoms with van der Waals surface area (Å²) in [5.74, 6) is 0.454. The molecule has 0 aromatic rings. The maximum absolute atomic E-state index is 12.2. The van der Waals surface area contributed by atoms with Crippen molar-refractivity contribution >= 4 is 18.3 Å². The Balaban J connectivity index is 0.00000180. The van der Waals surface area contributed by atoms with Crippen molar-refractivity contribution in [2.75, 3.05) is 0 Å². The minimum Gasteiger partial charge on any atom is -0.353 e. The Kier molecular flexibility index (Phi) is 7.77.